The minimum Gasteiger partial charge on any atom is -0.496 e. The van der Waals surface area contributed by atoms with Crippen molar-refractivity contribution in [3.05, 3.63) is 96.1 Å². The van der Waals surface area contributed by atoms with E-state index in [1.165, 1.54) is 11.8 Å². The van der Waals surface area contributed by atoms with Gasteiger partial charge in [-0.3, -0.25) is 4.79 Å². The van der Waals surface area contributed by atoms with Crippen molar-refractivity contribution in [2.24, 2.45) is 7.05 Å². The molecular weight excluding hydrogens is 432 g/mol. The van der Waals surface area contributed by atoms with Crippen molar-refractivity contribution < 1.29 is 9.53 Å². The van der Waals surface area contributed by atoms with Crippen LogP contribution in [0.15, 0.2) is 90.1 Å². The molecule has 7 heteroatoms. The second-order valence-corrected chi connectivity index (χ2v) is 8.53. The average molecular weight is 459 g/mol. The predicted octanol–water partition coefficient (Wildman–Crippen LogP) is 4.83. The molecule has 0 fully saturated rings. The Morgan fingerprint density at radius 1 is 0.939 bits per heavy atom. The minimum atomic E-state index is -0.163. The lowest BCUT2D eigenvalue weighted by atomic mass is 9.97. The maximum Gasteiger partial charge on any atom is 0.233 e. The van der Waals surface area contributed by atoms with E-state index in [2.05, 4.69) is 34.5 Å². The van der Waals surface area contributed by atoms with Crippen molar-refractivity contribution in [2.45, 2.75) is 11.2 Å². The number of hydrogen-bond donors (Lipinski definition) is 0. The highest BCUT2D eigenvalue weighted by Crippen LogP contribution is 2.31. The molecule has 0 atom stereocenters. The van der Waals surface area contributed by atoms with Crippen LogP contribution in [0.1, 0.15) is 17.2 Å². The number of benzene rings is 3. The summed E-state index contributed by atoms with van der Waals surface area (Å²) in [5.41, 5.74) is 3.00. The second kappa shape index (κ2) is 10.4. The first-order chi connectivity index (χ1) is 16.1. The Labute approximate surface area is 198 Å². The van der Waals surface area contributed by atoms with Crippen LogP contribution in [0.3, 0.4) is 0 Å². The summed E-state index contributed by atoms with van der Waals surface area (Å²) in [5, 5.41) is 9.32. The van der Waals surface area contributed by atoms with E-state index in [0.717, 1.165) is 22.4 Å². The number of carbonyl (C=O) groups excluding carboxylic acids is 1. The maximum atomic E-state index is 13.2. The number of thioether (sulfide) groups is 1. The van der Waals surface area contributed by atoms with Gasteiger partial charge < -0.3 is 14.2 Å². The van der Waals surface area contributed by atoms with Gasteiger partial charge in [0.05, 0.1) is 24.5 Å². The summed E-state index contributed by atoms with van der Waals surface area (Å²) >= 11 is 1.38. The lowest BCUT2D eigenvalue weighted by Gasteiger charge is -2.29. The smallest absolute Gasteiger partial charge is 0.233 e. The standard InChI is InChI=1S/C26H26N4O2S/c1-29(24(19-12-6-4-7-13-19)20-14-8-5-9-15-20)23(31)18-33-26-28-27-25(30(26)2)21-16-10-11-17-22(21)32-3/h4-17,24H,18H2,1-3H3. The summed E-state index contributed by atoms with van der Waals surface area (Å²) in [5.74, 6) is 1.69. The molecule has 0 aliphatic carbocycles. The second-order valence-electron chi connectivity index (χ2n) is 7.58. The van der Waals surface area contributed by atoms with E-state index in [1.807, 2.05) is 79.3 Å². The molecule has 0 saturated carbocycles. The number of rotatable bonds is 8. The van der Waals surface area contributed by atoms with Crippen LogP contribution in [0.2, 0.25) is 0 Å². The number of ether oxygens (including phenoxy) is 1. The van der Waals surface area contributed by atoms with Gasteiger partial charge in [-0.1, -0.05) is 84.6 Å². The Balaban J connectivity index is 1.52. The molecule has 0 spiro atoms. The molecule has 4 rings (SSSR count). The molecule has 0 unspecified atom stereocenters. The van der Waals surface area contributed by atoms with Crippen molar-refractivity contribution in [2.75, 3.05) is 19.9 Å². The normalized spacial score (nSPS) is 10.9. The van der Waals surface area contributed by atoms with E-state index in [0.29, 0.717) is 11.0 Å². The number of nitrogens with zero attached hydrogens (tertiary/aromatic N) is 4. The molecule has 6 nitrogen and oxygen atoms in total. The van der Waals surface area contributed by atoms with Gasteiger partial charge in [0, 0.05) is 14.1 Å². The summed E-state index contributed by atoms with van der Waals surface area (Å²) in [6.07, 6.45) is 0. The molecule has 168 valence electrons. The van der Waals surface area contributed by atoms with Gasteiger partial charge in [0.25, 0.3) is 0 Å². The first-order valence-corrected chi connectivity index (χ1v) is 11.6. The first kappa shape index (κ1) is 22.6. The van der Waals surface area contributed by atoms with Crippen molar-refractivity contribution in [3.8, 4) is 17.1 Å². The molecule has 3 aromatic carbocycles. The van der Waals surface area contributed by atoms with Crippen LogP contribution >= 0.6 is 11.8 Å². The Morgan fingerprint density at radius 2 is 1.52 bits per heavy atom. The van der Waals surface area contributed by atoms with Crippen LogP contribution < -0.4 is 4.74 Å². The highest BCUT2D eigenvalue weighted by atomic mass is 32.2. The topological polar surface area (TPSA) is 60.3 Å². The molecule has 1 amide bonds. The first-order valence-electron chi connectivity index (χ1n) is 10.6. The average Bonchev–Trinajstić information content (AvgIpc) is 3.23. The zero-order valence-electron chi connectivity index (χ0n) is 18.9. The van der Waals surface area contributed by atoms with Gasteiger partial charge in [-0.2, -0.15) is 0 Å². The van der Waals surface area contributed by atoms with E-state index in [-0.39, 0.29) is 17.7 Å². The summed E-state index contributed by atoms with van der Waals surface area (Å²) in [4.78, 5) is 15.0. The Bertz CT molecular complexity index is 1170. The van der Waals surface area contributed by atoms with Crippen molar-refractivity contribution in [1.82, 2.24) is 19.7 Å². The molecule has 1 aromatic heterocycles. The van der Waals surface area contributed by atoms with Crippen molar-refractivity contribution >= 4 is 17.7 Å². The monoisotopic (exact) mass is 458 g/mol. The van der Waals surface area contributed by atoms with Gasteiger partial charge in [0.2, 0.25) is 5.91 Å². The maximum absolute atomic E-state index is 13.2. The van der Waals surface area contributed by atoms with E-state index in [4.69, 9.17) is 4.74 Å². The molecule has 0 bridgehead atoms. The Hall–Kier alpha value is -3.58. The number of amides is 1. The van der Waals surface area contributed by atoms with E-state index in [9.17, 15) is 4.79 Å². The molecule has 0 saturated heterocycles. The number of hydrogen-bond acceptors (Lipinski definition) is 5. The SMILES string of the molecule is COc1ccccc1-c1nnc(SCC(=O)N(C)C(c2ccccc2)c2ccccc2)n1C. The zero-order chi connectivity index (χ0) is 23.2. The van der Waals surface area contributed by atoms with E-state index >= 15 is 0 Å². The molecule has 0 N–H and O–H groups in total. The van der Waals surface area contributed by atoms with E-state index < -0.39 is 0 Å². The summed E-state index contributed by atoms with van der Waals surface area (Å²) < 4.78 is 7.35. The molecule has 0 aliphatic rings. The van der Waals surface area contributed by atoms with Gasteiger partial charge in [-0.25, -0.2) is 0 Å². The fourth-order valence-electron chi connectivity index (χ4n) is 3.79. The molecule has 0 aliphatic heterocycles. The number of methoxy groups -OCH3 is 1. The van der Waals surface area contributed by atoms with Crippen molar-refractivity contribution in [3.63, 3.8) is 0 Å². The Morgan fingerprint density at radius 3 is 2.12 bits per heavy atom. The molecule has 33 heavy (non-hydrogen) atoms. The third-order valence-electron chi connectivity index (χ3n) is 5.52. The predicted molar refractivity (Wildman–Crippen MR) is 131 cm³/mol. The molecule has 0 radical (unpaired) electrons. The van der Waals surface area contributed by atoms with Crippen LogP contribution in [-0.4, -0.2) is 45.5 Å². The van der Waals surface area contributed by atoms with Gasteiger partial charge in [0.15, 0.2) is 11.0 Å². The lowest BCUT2D eigenvalue weighted by Crippen LogP contribution is -2.33. The number of aromatic nitrogens is 3. The van der Waals surface area contributed by atoms with Gasteiger partial charge in [0.1, 0.15) is 5.75 Å². The van der Waals surface area contributed by atoms with E-state index in [1.54, 1.807) is 12.0 Å². The zero-order valence-corrected chi connectivity index (χ0v) is 19.7. The third kappa shape index (κ3) is 4.93. The van der Waals surface area contributed by atoms with Gasteiger partial charge in [-0.15, -0.1) is 10.2 Å². The summed E-state index contributed by atoms with van der Waals surface area (Å²) in [7, 11) is 5.38. The minimum absolute atomic E-state index is 0.0135. The van der Waals surface area contributed by atoms with Crippen LogP contribution in [0.25, 0.3) is 11.4 Å². The van der Waals surface area contributed by atoms with Crippen LogP contribution in [0, 0.1) is 0 Å². The highest BCUT2D eigenvalue weighted by Gasteiger charge is 2.24. The molecule has 4 aromatic rings. The molecule has 1 heterocycles. The highest BCUT2D eigenvalue weighted by molar-refractivity contribution is 7.99. The number of carbonyl (C=O) groups is 1. The van der Waals surface area contributed by atoms with Crippen LogP contribution in [-0.2, 0) is 11.8 Å². The third-order valence-corrected chi connectivity index (χ3v) is 6.52. The quantitative estimate of drug-likeness (QED) is 0.354. The van der Waals surface area contributed by atoms with Gasteiger partial charge in [-0.05, 0) is 23.3 Å². The Kier molecular flexibility index (Phi) is 7.10. The summed E-state index contributed by atoms with van der Waals surface area (Å²) in [6.45, 7) is 0. The fourth-order valence-corrected chi connectivity index (χ4v) is 4.62. The van der Waals surface area contributed by atoms with Gasteiger partial charge >= 0.3 is 0 Å². The lowest BCUT2D eigenvalue weighted by molar-refractivity contribution is -0.128. The van der Waals surface area contributed by atoms with Crippen molar-refractivity contribution in [1.29, 1.82) is 0 Å². The number of para-hydroxylation sites is 1. The van der Waals surface area contributed by atoms with Crippen LogP contribution in [0.4, 0.5) is 0 Å². The molecular formula is C26H26N4O2S. The summed E-state index contributed by atoms with van der Waals surface area (Å²) in [6, 6.07) is 27.7. The largest absolute Gasteiger partial charge is 0.496 e. The fraction of sp³-hybridized carbons (Fsp3) is 0.192. The van der Waals surface area contributed by atoms with Crippen LogP contribution in [0.5, 0.6) is 5.75 Å².